The predicted octanol–water partition coefficient (Wildman–Crippen LogP) is 2.68. The van der Waals surface area contributed by atoms with Crippen molar-refractivity contribution in [2.24, 2.45) is 0 Å². The summed E-state index contributed by atoms with van der Waals surface area (Å²) in [7, 11) is 0. The highest BCUT2D eigenvalue weighted by Gasteiger charge is 2.08. The van der Waals surface area contributed by atoms with Crippen LogP contribution in [-0.4, -0.2) is 32.2 Å². The first-order valence-electron chi connectivity index (χ1n) is 5.19. The van der Waals surface area contributed by atoms with E-state index in [0.717, 1.165) is 4.47 Å². The molecule has 0 amide bonds. The highest BCUT2D eigenvalue weighted by atomic mass is 79.9. The van der Waals surface area contributed by atoms with Crippen molar-refractivity contribution in [3.05, 3.63) is 34.3 Å². The molecule has 0 saturated carbocycles. The Bertz CT molecular complexity index is 339. The summed E-state index contributed by atoms with van der Waals surface area (Å²) in [4.78, 5) is 11.7. The van der Waals surface area contributed by atoms with Crippen LogP contribution in [0.2, 0.25) is 0 Å². The Morgan fingerprint density at radius 3 is 2.62 bits per heavy atom. The van der Waals surface area contributed by atoms with Crippen LogP contribution in [0.3, 0.4) is 0 Å². The van der Waals surface area contributed by atoms with Crippen LogP contribution in [0.4, 0.5) is 0 Å². The fourth-order valence-electron chi connectivity index (χ4n) is 1.19. The third-order valence-electron chi connectivity index (χ3n) is 1.98. The molecular formula is C12H15BrO3. The van der Waals surface area contributed by atoms with Gasteiger partial charge in [-0.1, -0.05) is 34.1 Å². The number of hydrogen-bond acceptors (Lipinski definition) is 3. The zero-order valence-corrected chi connectivity index (χ0v) is 10.8. The Kier molecular flexibility index (Phi) is 6.30. The molecule has 0 bridgehead atoms. The maximum atomic E-state index is 11.7. The largest absolute Gasteiger partial charge is 0.379 e. The molecule has 88 valence electrons. The summed E-state index contributed by atoms with van der Waals surface area (Å²) in [5, 5.41) is 0. The molecule has 0 aromatic heterocycles. The molecule has 0 radical (unpaired) electrons. The fraction of sp³-hybridized carbons (Fsp3) is 0.417. The molecule has 1 rings (SSSR count). The van der Waals surface area contributed by atoms with Crippen LogP contribution < -0.4 is 0 Å². The van der Waals surface area contributed by atoms with E-state index in [2.05, 4.69) is 15.9 Å². The minimum atomic E-state index is -0.0241. The average molecular weight is 287 g/mol. The molecule has 3 nitrogen and oxygen atoms in total. The molecule has 0 fully saturated rings. The van der Waals surface area contributed by atoms with Gasteiger partial charge in [-0.05, 0) is 13.0 Å². The predicted molar refractivity (Wildman–Crippen MR) is 65.8 cm³/mol. The van der Waals surface area contributed by atoms with E-state index in [-0.39, 0.29) is 12.4 Å². The van der Waals surface area contributed by atoms with Gasteiger partial charge in [0, 0.05) is 16.6 Å². The summed E-state index contributed by atoms with van der Waals surface area (Å²) >= 11 is 3.33. The van der Waals surface area contributed by atoms with Crippen molar-refractivity contribution in [1.29, 1.82) is 0 Å². The van der Waals surface area contributed by atoms with Gasteiger partial charge in [0.1, 0.15) is 6.61 Å². The first kappa shape index (κ1) is 13.4. The quantitative estimate of drug-likeness (QED) is 0.571. The van der Waals surface area contributed by atoms with Crippen LogP contribution >= 0.6 is 15.9 Å². The lowest BCUT2D eigenvalue weighted by molar-refractivity contribution is 0.0474. The van der Waals surface area contributed by atoms with Crippen LogP contribution in [0.25, 0.3) is 0 Å². The van der Waals surface area contributed by atoms with E-state index in [4.69, 9.17) is 9.47 Å². The van der Waals surface area contributed by atoms with Gasteiger partial charge in [0.15, 0.2) is 5.78 Å². The van der Waals surface area contributed by atoms with E-state index in [9.17, 15) is 4.79 Å². The molecule has 0 unspecified atom stereocenters. The normalized spacial score (nSPS) is 10.4. The Balaban J connectivity index is 2.33. The first-order chi connectivity index (χ1) is 7.75. The van der Waals surface area contributed by atoms with E-state index in [1.807, 2.05) is 25.1 Å². The van der Waals surface area contributed by atoms with E-state index < -0.39 is 0 Å². The number of ether oxygens (including phenoxy) is 2. The maximum absolute atomic E-state index is 11.7. The number of rotatable bonds is 7. The van der Waals surface area contributed by atoms with Gasteiger partial charge >= 0.3 is 0 Å². The molecule has 0 aliphatic heterocycles. The monoisotopic (exact) mass is 286 g/mol. The molecule has 0 heterocycles. The molecule has 0 spiro atoms. The third-order valence-corrected chi connectivity index (χ3v) is 2.68. The van der Waals surface area contributed by atoms with Crippen molar-refractivity contribution in [3.63, 3.8) is 0 Å². The van der Waals surface area contributed by atoms with Gasteiger partial charge in [-0.3, -0.25) is 4.79 Å². The van der Waals surface area contributed by atoms with Gasteiger partial charge in [-0.2, -0.15) is 0 Å². The van der Waals surface area contributed by atoms with Crippen LogP contribution in [0.5, 0.6) is 0 Å². The van der Waals surface area contributed by atoms with E-state index in [1.165, 1.54) is 0 Å². The van der Waals surface area contributed by atoms with Gasteiger partial charge < -0.3 is 9.47 Å². The Labute approximate surface area is 104 Å². The molecule has 0 saturated heterocycles. The van der Waals surface area contributed by atoms with Gasteiger partial charge in [0.05, 0.1) is 13.2 Å². The molecule has 0 N–H and O–H groups in total. The lowest BCUT2D eigenvalue weighted by atomic mass is 10.1. The summed E-state index contributed by atoms with van der Waals surface area (Å²) < 4.78 is 11.1. The van der Waals surface area contributed by atoms with Crippen molar-refractivity contribution in [3.8, 4) is 0 Å². The second kappa shape index (κ2) is 7.54. The lowest BCUT2D eigenvalue weighted by Gasteiger charge is -2.05. The smallest absolute Gasteiger partial charge is 0.189 e. The molecule has 16 heavy (non-hydrogen) atoms. The third kappa shape index (κ3) is 4.43. The molecule has 1 aromatic carbocycles. The summed E-state index contributed by atoms with van der Waals surface area (Å²) in [5.41, 5.74) is 0.652. The minimum Gasteiger partial charge on any atom is -0.379 e. The second-order valence-corrected chi connectivity index (χ2v) is 4.01. The highest BCUT2D eigenvalue weighted by molar-refractivity contribution is 9.10. The van der Waals surface area contributed by atoms with Gasteiger partial charge in [0.25, 0.3) is 0 Å². The number of carbonyl (C=O) groups is 1. The zero-order chi connectivity index (χ0) is 11.8. The molecule has 0 aliphatic carbocycles. The van der Waals surface area contributed by atoms with Crippen molar-refractivity contribution >= 4 is 21.7 Å². The van der Waals surface area contributed by atoms with Crippen molar-refractivity contribution < 1.29 is 14.3 Å². The summed E-state index contributed by atoms with van der Waals surface area (Å²) in [6.45, 7) is 3.66. The van der Waals surface area contributed by atoms with Crippen LogP contribution in [0.15, 0.2) is 28.7 Å². The SMILES string of the molecule is CCOCCOCC(=O)c1ccccc1Br. The lowest BCUT2D eigenvalue weighted by Crippen LogP contribution is -2.13. The summed E-state index contributed by atoms with van der Waals surface area (Å²) in [5.74, 6) is -0.0241. The molecule has 0 aliphatic rings. The molecular weight excluding hydrogens is 272 g/mol. The fourth-order valence-corrected chi connectivity index (χ4v) is 1.70. The summed E-state index contributed by atoms with van der Waals surface area (Å²) in [6, 6.07) is 7.32. The van der Waals surface area contributed by atoms with Gasteiger partial charge in [-0.15, -0.1) is 0 Å². The number of hydrogen-bond donors (Lipinski definition) is 0. The Morgan fingerprint density at radius 1 is 1.25 bits per heavy atom. The van der Waals surface area contributed by atoms with Crippen molar-refractivity contribution in [2.45, 2.75) is 6.92 Å². The number of carbonyl (C=O) groups excluding carboxylic acids is 1. The van der Waals surface area contributed by atoms with Crippen molar-refractivity contribution in [1.82, 2.24) is 0 Å². The van der Waals surface area contributed by atoms with Gasteiger partial charge in [0.2, 0.25) is 0 Å². The number of halogens is 1. The standard InChI is InChI=1S/C12H15BrO3/c1-2-15-7-8-16-9-12(14)10-5-3-4-6-11(10)13/h3-6H,2,7-9H2,1H3. The van der Waals surface area contributed by atoms with Crippen LogP contribution in [0.1, 0.15) is 17.3 Å². The van der Waals surface area contributed by atoms with Crippen LogP contribution in [0, 0.1) is 0 Å². The highest BCUT2D eigenvalue weighted by Crippen LogP contribution is 2.16. The molecule has 0 atom stereocenters. The van der Waals surface area contributed by atoms with Crippen molar-refractivity contribution in [2.75, 3.05) is 26.4 Å². The maximum Gasteiger partial charge on any atom is 0.189 e. The molecule has 4 heteroatoms. The van der Waals surface area contributed by atoms with Gasteiger partial charge in [-0.25, -0.2) is 0 Å². The first-order valence-corrected chi connectivity index (χ1v) is 5.98. The molecule has 1 aromatic rings. The number of Topliss-reactive ketones (excluding diaryl/α,β-unsaturated/α-hetero) is 1. The second-order valence-electron chi connectivity index (χ2n) is 3.15. The summed E-state index contributed by atoms with van der Waals surface area (Å²) in [6.07, 6.45) is 0. The minimum absolute atomic E-state index is 0.0241. The average Bonchev–Trinajstić information content (AvgIpc) is 2.29. The number of benzene rings is 1. The van der Waals surface area contributed by atoms with E-state index >= 15 is 0 Å². The van der Waals surface area contributed by atoms with E-state index in [1.54, 1.807) is 6.07 Å². The Hall–Kier alpha value is -0.710. The van der Waals surface area contributed by atoms with E-state index in [0.29, 0.717) is 25.4 Å². The zero-order valence-electron chi connectivity index (χ0n) is 9.24. The Morgan fingerprint density at radius 2 is 1.94 bits per heavy atom. The topological polar surface area (TPSA) is 35.5 Å². The number of ketones is 1. The van der Waals surface area contributed by atoms with Crippen LogP contribution in [-0.2, 0) is 9.47 Å².